The minimum Gasteiger partial charge on any atom is -0.410 e. The van der Waals surface area contributed by atoms with E-state index in [0.29, 0.717) is 12.1 Å². The van der Waals surface area contributed by atoms with Crippen molar-refractivity contribution in [3.63, 3.8) is 0 Å². The molecule has 0 aliphatic rings. The number of hydrogen-bond donors (Lipinski definition) is 2. The molecule has 1 aromatic rings. The Balaban J connectivity index is 2.50. The molecule has 0 saturated carbocycles. The van der Waals surface area contributed by atoms with Gasteiger partial charge in [-0.3, -0.25) is 4.79 Å². The molecule has 0 bridgehead atoms. The molecule has 5 heteroatoms. The molecule has 0 heterocycles. The number of nitrogens with one attached hydrogen (secondary N) is 1. The number of oxime groups is 1. The quantitative estimate of drug-likeness (QED) is 0.341. The van der Waals surface area contributed by atoms with Crippen LogP contribution in [0.15, 0.2) is 35.5 Å². The molecule has 0 aliphatic heterocycles. The zero-order chi connectivity index (χ0) is 13.4. The fraction of sp³-hybridized carbons (Fsp3) is 0.385. The minimum absolute atomic E-state index is 0.0421. The number of carbonyl (C=O) groups excluding carboxylic acids is 1. The summed E-state index contributed by atoms with van der Waals surface area (Å²) in [5.41, 5.74) is 0.644. The standard InChI is InChI=1S/C13H19N3O2/c1-16(2)10-6-9-14-13(17)12(15-18)11-7-4-3-5-8-11/h3-5,7-8,18H,6,9-10H2,1-2H3,(H,14,17). The Bertz CT molecular complexity index is 402. The predicted molar refractivity (Wildman–Crippen MR) is 70.9 cm³/mol. The average Bonchev–Trinajstić information content (AvgIpc) is 2.36. The average molecular weight is 249 g/mol. The molecule has 0 spiro atoms. The van der Waals surface area contributed by atoms with Crippen molar-refractivity contribution in [3.05, 3.63) is 35.9 Å². The second kappa shape index (κ2) is 7.45. The summed E-state index contributed by atoms with van der Waals surface area (Å²) < 4.78 is 0. The highest BCUT2D eigenvalue weighted by Crippen LogP contribution is 2.01. The molecule has 18 heavy (non-hydrogen) atoms. The largest absolute Gasteiger partial charge is 0.410 e. The summed E-state index contributed by atoms with van der Waals surface area (Å²) in [4.78, 5) is 13.8. The van der Waals surface area contributed by atoms with Crippen LogP contribution in [0.2, 0.25) is 0 Å². The SMILES string of the molecule is CN(C)CCCNC(=O)C(=NO)c1ccccc1. The van der Waals surface area contributed by atoms with Crippen molar-refractivity contribution in [2.45, 2.75) is 6.42 Å². The van der Waals surface area contributed by atoms with E-state index in [1.807, 2.05) is 25.1 Å². The van der Waals surface area contributed by atoms with E-state index in [4.69, 9.17) is 5.21 Å². The number of benzene rings is 1. The van der Waals surface area contributed by atoms with Crippen LogP contribution in [0.3, 0.4) is 0 Å². The zero-order valence-corrected chi connectivity index (χ0v) is 10.8. The van der Waals surface area contributed by atoms with Crippen LogP contribution in [0.4, 0.5) is 0 Å². The van der Waals surface area contributed by atoms with Gasteiger partial charge in [0.1, 0.15) is 0 Å². The Labute approximate surface area is 107 Å². The number of amides is 1. The summed E-state index contributed by atoms with van der Waals surface area (Å²) in [5, 5.41) is 14.7. The molecule has 0 atom stereocenters. The van der Waals surface area contributed by atoms with E-state index < -0.39 is 0 Å². The van der Waals surface area contributed by atoms with Crippen molar-refractivity contribution in [1.29, 1.82) is 0 Å². The summed E-state index contributed by atoms with van der Waals surface area (Å²) in [5.74, 6) is -0.359. The fourth-order valence-corrected chi connectivity index (χ4v) is 1.51. The van der Waals surface area contributed by atoms with Crippen molar-refractivity contribution >= 4 is 11.6 Å². The van der Waals surface area contributed by atoms with Crippen molar-refractivity contribution in [2.75, 3.05) is 27.2 Å². The molecule has 0 unspecified atom stereocenters. The molecule has 1 amide bonds. The number of rotatable bonds is 6. The number of hydrogen-bond acceptors (Lipinski definition) is 4. The van der Waals surface area contributed by atoms with Crippen LogP contribution in [-0.2, 0) is 4.79 Å². The van der Waals surface area contributed by atoms with Gasteiger partial charge in [0.05, 0.1) is 0 Å². The maximum absolute atomic E-state index is 11.8. The monoisotopic (exact) mass is 249 g/mol. The summed E-state index contributed by atoms with van der Waals surface area (Å²) in [6.45, 7) is 1.46. The molecular weight excluding hydrogens is 230 g/mol. The van der Waals surface area contributed by atoms with Gasteiger partial charge in [-0.1, -0.05) is 35.5 Å². The van der Waals surface area contributed by atoms with Gasteiger partial charge in [-0.25, -0.2) is 0 Å². The first-order chi connectivity index (χ1) is 8.65. The summed E-state index contributed by atoms with van der Waals surface area (Å²) >= 11 is 0. The molecule has 5 nitrogen and oxygen atoms in total. The molecule has 0 radical (unpaired) electrons. The molecule has 98 valence electrons. The van der Waals surface area contributed by atoms with Crippen molar-refractivity contribution in [3.8, 4) is 0 Å². The van der Waals surface area contributed by atoms with Gasteiger partial charge >= 0.3 is 0 Å². The van der Waals surface area contributed by atoms with Gasteiger partial charge in [0.15, 0.2) is 5.71 Å². The highest BCUT2D eigenvalue weighted by Gasteiger charge is 2.13. The van der Waals surface area contributed by atoms with Gasteiger partial charge < -0.3 is 15.4 Å². The molecule has 1 aromatic carbocycles. The molecule has 1 rings (SSSR count). The van der Waals surface area contributed by atoms with Gasteiger partial charge in [-0.05, 0) is 27.1 Å². The first-order valence-corrected chi connectivity index (χ1v) is 5.85. The third-order valence-electron chi connectivity index (χ3n) is 2.43. The zero-order valence-electron chi connectivity index (χ0n) is 10.8. The van der Waals surface area contributed by atoms with Gasteiger partial charge in [-0.2, -0.15) is 0 Å². The van der Waals surface area contributed by atoms with Crippen molar-refractivity contribution in [2.24, 2.45) is 5.16 Å². The smallest absolute Gasteiger partial charge is 0.273 e. The van der Waals surface area contributed by atoms with E-state index in [-0.39, 0.29) is 11.6 Å². The summed E-state index contributed by atoms with van der Waals surface area (Å²) in [6, 6.07) is 8.88. The fourth-order valence-electron chi connectivity index (χ4n) is 1.51. The first kappa shape index (κ1) is 14.2. The maximum atomic E-state index is 11.8. The summed E-state index contributed by atoms with van der Waals surface area (Å²) in [6.07, 6.45) is 0.853. The van der Waals surface area contributed by atoms with E-state index in [0.717, 1.165) is 13.0 Å². The highest BCUT2D eigenvalue weighted by atomic mass is 16.4. The minimum atomic E-state index is -0.359. The highest BCUT2D eigenvalue weighted by molar-refractivity contribution is 6.45. The lowest BCUT2D eigenvalue weighted by molar-refractivity contribution is -0.114. The van der Waals surface area contributed by atoms with Gasteiger partial charge in [0.25, 0.3) is 5.91 Å². The van der Waals surface area contributed by atoms with Crippen LogP contribution >= 0.6 is 0 Å². The Hall–Kier alpha value is -1.88. The van der Waals surface area contributed by atoms with Crippen molar-refractivity contribution in [1.82, 2.24) is 10.2 Å². The van der Waals surface area contributed by atoms with E-state index in [9.17, 15) is 4.79 Å². The predicted octanol–water partition coefficient (Wildman–Crippen LogP) is 0.933. The lowest BCUT2D eigenvalue weighted by Crippen LogP contribution is -2.33. The molecule has 0 fully saturated rings. The Morgan fingerprint density at radius 2 is 2.00 bits per heavy atom. The van der Waals surface area contributed by atoms with Crippen LogP contribution in [0.25, 0.3) is 0 Å². The molecule has 0 aromatic heterocycles. The van der Waals surface area contributed by atoms with Gasteiger partial charge in [-0.15, -0.1) is 0 Å². The van der Waals surface area contributed by atoms with Gasteiger partial charge in [0.2, 0.25) is 0 Å². The first-order valence-electron chi connectivity index (χ1n) is 5.85. The topological polar surface area (TPSA) is 64.9 Å². The van der Waals surface area contributed by atoms with E-state index in [1.165, 1.54) is 0 Å². The Morgan fingerprint density at radius 3 is 2.56 bits per heavy atom. The number of nitrogens with zero attached hydrogens (tertiary/aromatic N) is 2. The van der Waals surface area contributed by atoms with E-state index in [2.05, 4.69) is 10.5 Å². The van der Waals surface area contributed by atoms with Crippen LogP contribution in [0.1, 0.15) is 12.0 Å². The van der Waals surface area contributed by atoms with Crippen LogP contribution in [-0.4, -0.2) is 48.9 Å². The van der Waals surface area contributed by atoms with Gasteiger partial charge in [0, 0.05) is 12.1 Å². The van der Waals surface area contributed by atoms with Crippen LogP contribution in [0.5, 0.6) is 0 Å². The Morgan fingerprint density at radius 1 is 1.33 bits per heavy atom. The maximum Gasteiger partial charge on any atom is 0.273 e. The third-order valence-corrected chi connectivity index (χ3v) is 2.43. The lowest BCUT2D eigenvalue weighted by Gasteiger charge is -2.10. The van der Waals surface area contributed by atoms with Crippen LogP contribution < -0.4 is 5.32 Å². The van der Waals surface area contributed by atoms with Crippen molar-refractivity contribution < 1.29 is 10.0 Å². The molecule has 2 N–H and O–H groups in total. The van der Waals surface area contributed by atoms with E-state index >= 15 is 0 Å². The third kappa shape index (κ3) is 4.55. The van der Waals surface area contributed by atoms with Crippen LogP contribution in [0, 0.1) is 0 Å². The molecule has 0 saturated heterocycles. The lowest BCUT2D eigenvalue weighted by atomic mass is 10.1. The summed E-state index contributed by atoms with van der Waals surface area (Å²) in [7, 11) is 3.96. The molecule has 0 aliphatic carbocycles. The second-order valence-electron chi connectivity index (χ2n) is 4.23. The van der Waals surface area contributed by atoms with E-state index in [1.54, 1.807) is 24.3 Å². The number of carbonyl (C=O) groups is 1. The normalized spacial score (nSPS) is 11.6. The second-order valence-corrected chi connectivity index (χ2v) is 4.23. The Kier molecular flexibility index (Phi) is 5.87. The molecular formula is C13H19N3O2.